The molecule has 0 aliphatic carbocycles. The molecule has 0 fully saturated rings. The van der Waals surface area contributed by atoms with E-state index in [1.54, 1.807) is 0 Å². The van der Waals surface area contributed by atoms with E-state index in [0.29, 0.717) is 19.3 Å². The standard InChI is InChI=1S/C64H104O6/c1-4-7-10-13-16-19-22-25-27-29-31-32-34-35-37-39-42-45-48-51-54-57-63(66)69-60-61(59-68-62(65)56-53-50-47-44-41-24-21-18-15-12-9-6-3)70-64(67)58-55-52-49-46-43-40-38-36-33-30-28-26-23-20-17-14-11-8-5-2/h7-8,10-11,16-17,19-20,25-28,31-33,36,40,43,49,52,61H,4-6,9,12-15,18,21-24,29-30,34-35,37-39,41-42,44-48,50-51,53-60H2,1-3H3/b10-7-,11-8-,19-16-,20-17-,27-25-,28-26-,32-31-,36-33-,43-40-,52-49-. The molecule has 6 heteroatoms. The third-order valence-corrected chi connectivity index (χ3v) is 11.7. The summed E-state index contributed by atoms with van der Waals surface area (Å²) in [5, 5.41) is 0. The lowest BCUT2D eigenvalue weighted by Crippen LogP contribution is -2.30. The van der Waals surface area contributed by atoms with Gasteiger partial charge in [-0.3, -0.25) is 14.4 Å². The number of carbonyl (C=O) groups excluding carboxylic acids is 3. The molecule has 1 unspecified atom stereocenters. The summed E-state index contributed by atoms with van der Waals surface area (Å²) in [4.78, 5) is 38.1. The third kappa shape index (κ3) is 54.7. The Labute approximate surface area is 431 Å². The fraction of sp³-hybridized carbons (Fsp3) is 0.641. The highest BCUT2D eigenvalue weighted by Gasteiger charge is 2.19. The highest BCUT2D eigenvalue weighted by atomic mass is 16.6. The van der Waals surface area contributed by atoms with Crippen molar-refractivity contribution in [2.75, 3.05) is 13.2 Å². The van der Waals surface area contributed by atoms with Gasteiger partial charge in [0, 0.05) is 19.3 Å². The molecule has 0 amide bonds. The van der Waals surface area contributed by atoms with Gasteiger partial charge in [0.15, 0.2) is 6.10 Å². The first-order chi connectivity index (χ1) is 34.5. The maximum Gasteiger partial charge on any atom is 0.306 e. The van der Waals surface area contributed by atoms with Crippen LogP contribution in [0, 0.1) is 0 Å². The predicted octanol–water partition coefficient (Wildman–Crippen LogP) is 19.3. The van der Waals surface area contributed by atoms with E-state index in [1.165, 1.54) is 89.9 Å². The summed E-state index contributed by atoms with van der Waals surface area (Å²) in [6.07, 6.45) is 79.1. The van der Waals surface area contributed by atoms with Gasteiger partial charge < -0.3 is 14.2 Å². The van der Waals surface area contributed by atoms with E-state index in [2.05, 4.69) is 130 Å². The first-order valence-electron chi connectivity index (χ1n) is 28.5. The van der Waals surface area contributed by atoms with Crippen LogP contribution < -0.4 is 0 Å². The van der Waals surface area contributed by atoms with Crippen LogP contribution in [0.4, 0.5) is 0 Å². The zero-order chi connectivity index (χ0) is 50.7. The zero-order valence-electron chi connectivity index (χ0n) is 45.2. The number of ether oxygens (including phenoxy) is 3. The number of hydrogen-bond acceptors (Lipinski definition) is 6. The summed E-state index contributed by atoms with van der Waals surface area (Å²) in [6, 6.07) is 0. The van der Waals surface area contributed by atoms with E-state index in [-0.39, 0.29) is 31.6 Å². The second kappa shape index (κ2) is 57.4. The molecule has 0 saturated heterocycles. The SMILES string of the molecule is CC/C=C\C/C=C\C/C=C\C/C=C\C/C=C\C/C=C\CCC(=O)OC(COC(=O)CCCCCCCCCC/C=C\C/C=C\C/C=C\C/C=C\CC)COC(=O)CCCCCCCCCCCCCC. The van der Waals surface area contributed by atoms with Gasteiger partial charge in [0.05, 0.1) is 0 Å². The molecule has 70 heavy (non-hydrogen) atoms. The van der Waals surface area contributed by atoms with Gasteiger partial charge >= 0.3 is 17.9 Å². The average Bonchev–Trinajstić information content (AvgIpc) is 3.36. The lowest BCUT2D eigenvalue weighted by molar-refractivity contribution is -0.166. The van der Waals surface area contributed by atoms with E-state index < -0.39 is 12.1 Å². The molecule has 396 valence electrons. The normalized spacial score (nSPS) is 13.0. The molecule has 0 heterocycles. The smallest absolute Gasteiger partial charge is 0.306 e. The number of unbranched alkanes of at least 4 members (excludes halogenated alkanes) is 19. The van der Waals surface area contributed by atoms with Crippen molar-refractivity contribution < 1.29 is 28.6 Å². The van der Waals surface area contributed by atoms with Gasteiger partial charge in [-0.15, -0.1) is 0 Å². The Balaban J connectivity index is 4.49. The molecule has 6 nitrogen and oxygen atoms in total. The lowest BCUT2D eigenvalue weighted by Gasteiger charge is -2.18. The molecule has 0 saturated carbocycles. The van der Waals surface area contributed by atoms with Gasteiger partial charge in [0.2, 0.25) is 0 Å². The average molecular weight is 970 g/mol. The predicted molar refractivity (Wildman–Crippen MR) is 302 cm³/mol. The van der Waals surface area contributed by atoms with E-state index in [1.807, 2.05) is 12.2 Å². The van der Waals surface area contributed by atoms with Gasteiger partial charge in [-0.2, -0.15) is 0 Å². The molecule has 0 spiro atoms. The Bertz CT molecular complexity index is 1490. The molecule has 0 aromatic heterocycles. The van der Waals surface area contributed by atoms with Crippen LogP contribution in [0.25, 0.3) is 0 Å². The monoisotopic (exact) mass is 969 g/mol. The molecule has 0 bridgehead atoms. The van der Waals surface area contributed by atoms with Crippen LogP contribution in [0.1, 0.15) is 245 Å². The summed E-state index contributed by atoms with van der Waals surface area (Å²) >= 11 is 0. The Morgan fingerprint density at radius 3 is 0.929 bits per heavy atom. The maximum absolute atomic E-state index is 12.8. The highest BCUT2D eigenvalue weighted by Crippen LogP contribution is 2.14. The van der Waals surface area contributed by atoms with Crippen molar-refractivity contribution in [1.82, 2.24) is 0 Å². The van der Waals surface area contributed by atoms with Gasteiger partial charge in [0.1, 0.15) is 13.2 Å². The third-order valence-electron chi connectivity index (χ3n) is 11.7. The van der Waals surface area contributed by atoms with Crippen LogP contribution in [0.2, 0.25) is 0 Å². The molecule has 0 aliphatic heterocycles. The van der Waals surface area contributed by atoms with Crippen LogP contribution in [0.3, 0.4) is 0 Å². The Hall–Kier alpha value is -4.19. The summed E-state index contributed by atoms with van der Waals surface area (Å²) in [5.41, 5.74) is 0. The quantitative estimate of drug-likeness (QED) is 0.0262. The van der Waals surface area contributed by atoms with Crippen molar-refractivity contribution in [2.45, 2.75) is 252 Å². The first-order valence-corrected chi connectivity index (χ1v) is 28.5. The molecule has 0 aliphatic rings. The minimum Gasteiger partial charge on any atom is -0.462 e. The molecule has 0 N–H and O–H groups in total. The number of hydrogen-bond donors (Lipinski definition) is 0. The fourth-order valence-corrected chi connectivity index (χ4v) is 7.52. The van der Waals surface area contributed by atoms with Crippen molar-refractivity contribution in [2.24, 2.45) is 0 Å². The van der Waals surface area contributed by atoms with Crippen LogP contribution >= 0.6 is 0 Å². The van der Waals surface area contributed by atoms with E-state index in [4.69, 9.17) is 14.2 Å². The van der Waals surface area contributed by atoms with Crippen LogP contribution in [0.5, 0.6) is 0 Å². The van der Waals surface area contributed by atoms with Gasteiger partial charge in [-0.25, -0.2) is 0 Å². The van der Waals surface area contributed by atoms with Crippen molar-refractivity contribution >= 4 is 17.9 Å². The largest absolute Gasteiger partial charge is 0.462 e. The summed E-state index contributed by atoms with van der Waals surface area (Å²) < 4.78 is 16.8. The number of rotatable bonds is 50. The molecule has 0 aromatic rings. The van der Waals surface area contributed by atoms with E-state index >= 15 is 0 Å². The molecule has 0 rings (SSSR count). The Morgan fingerprint density at radius 2 is 0.586 bits per heavy atom. The van der Waals surface area contributed by atoms with Crippen molar-refractivity contribution in [3.63, 3.8) is 0 Å². The lowest BCUT2D eigenvalue weighted by atomic mass is 10.0. The van der Waals surface area contributed by atoms with Gasteiger partial charge in [-0.05, 0) is 96.3 Å². The fourth-order valence-electron chi connectivity index (χ4n) is 7.52. The summed E-state index contributed by atoms with van der Waals surface area (Å²) in [7, 11) is 0. The summed E-state index contributed by atoms with van der Waals surface area (Å²) in [6.45, 7) is 6.34. The zero-order valence-corrected chi connectivity index (χ0v) is 45.2. The number of esters is 3. The van der Waals surface area contributed by atoms with Crippen LogP contribution in [-0.2, 0) is 28.6 Å². The van der Waals surface area contributed by atoms with Gasteiger partial charge in [-0.1, -0.05) is 251 Å². The molecule has 0 radical (unpaired) electrons. The maximum atomic E-state index is 12.8. The van der Waals surface area contributed by atoms with Crippen molar-refractivity contribution in [1.29, 1.82) is 0 Å². The molecular formula is C64H104O6. The van der Waals surface area contributed by atoms with Crippen LogP contribution in [0.15, 0.2) is 122 Å². The van der Waals surface area contributed by atoms with E-state index in [9.17, 15) is 14.4 Å². The number of carbonyl (C=O) groups is 3. The summed E-state index contributed by atoms with van der Waals surface area (Å²) in [5.74, 6) is -1.01. The Kier molecular flexibility index (Phi) is 54.0. The minimum absolute atomic E-state index is 0.112. The Morgan fingerprint density at radius 1 is 0.300 bits per heavy atom. The molecule has 1 atom stereocenters. The minimum atomic E-state index is -0.824. The second-order valence-corrected chi connectivity index (χ2v) is 18.4. The molecule has 0 aromatic carbocycles. The molecular weight excluding hydrogens is 865 g/mol. The second-order valence-electron chi connectivity index (χ2n) is 18.4. The van der Waals surface area contributed by atoms with E-state index in [0.717, 1.165) is 109 Å². The number of allylic oxidation sites excluding steroid dienone is 20. The van der Waals surface area contributed by atoms with Crippen molar-refractivity contribution in [3.05, 3.63) is 122 Å². The van der Waals surface area contributed by atoms with Crippen LogP contribution in [-0.4, -0.2) is 37.2 Å². The van der Waals surface area contributed by atoms with Crippen molar-refractivity contribution in [3.8, 4) is 0 Å². The van der Waals surface area contributed by atoms with Gasteiger partial charge in [0.25, 0.3) is 0 Å². The topological polar surface area (TPSA) is 78.9 Å². The highest BCUT2D eigenvalue weighted by molar-refractivity contribution is 5.71. The first kappa shape index (κ1) is 65.8.